The summed E-state index contributed by atoms with van der Waals surface area (Å²) in [6, 6.07) is 0. The molecule has 0 aliphatic carbocycles. The van der Waals surface area contributed by atoms with Crippen molar-refractivity contribution in [3.05, 3.63) is 24.4 Å². The van der Waals surface area contributed by atoms with Crippen molar-refractivity contribution in [2.45, 2.75) is 0 Å². The summed E-state index contributed by atoms with van der Waals surface area (Å²) < 4.78 is 0. The molecule has 3 nitrogen and oxygen atoms in total. The van der Waals surface area contributed by atoms with E-state index in [4.69, 9.17) is 0 Å². The van der Waals surface area contributed by atoms with Crippen molar-refractivity contribution >= 4 is 22.1 Å². The summed E-state index contributed by atoms with van der Waals surface area (Å²) in [6.07, 6.45) is 2.93. The van der Waals surface area contributed by atoms with Gasteiger partial charge in [-0.1, -0.05) is 12.7 Å². The Hall–Kier alpha value is -1.03. The van der Waals surface area contributed by atoms with Crippen molar-refractivity contribution in [1.29, 1.82) is 0 Å². The van der Waals surface area contributed by atoms with Gasteiger partial charge in [-0.05, 0) is 6.08 Å². The van der Waals surface area contributed by atoms with Crippen LogP contribution in [0.1, 0.15) is 0 Å². The lowest BCUT2D eigenvalue weighted by Gasteiger charge is -1.87. The molecule has 1 fully saturated rings. The molecule has 0 aromatic heterocycles. The van der Waals surface area contributed by atoms with Gasteiger partial charge in [-0.25, -0.2) is 0 Å². The maximum Gasteiger partial charge on any atom is 0.291 e. The van der Waals surface area contributed by atoms with Crippen LogP contribution in [-0.2, 0) is 4.79 Å². The monoisotopic (exact) mass is 155 g/mol. The number of carbonyl (C=O) groups is 2. The zero-order chi connectivity index (χ0) is 7.56. The van der Waals surface area contributed by atoms with Crippen LogP contribution in [0, 0.1) is 0 Å². The van der Waals surface area contributed by atoms with Gasteiger partial charge in [-0.2, -0.15) is 0 Å². The minimum Gasteiger partial charge on any atom is -0.313 e. The smallest absolute Gasteiger partial charge is 0.291 e. The Kier molecular flexibility index (Phi) is 1.91. The fourth-order valence-electron chi connectivity index (χ4n) is 0.553. The molecule has 1 rings (SSSR count). The van der Waals surface area contributed by atoms with E-state index in [0.29, 0.717) is 17.5 Å². The lowest BCUT2D eigenvalue weighted by molar-refractivity contribution is -0.107. The average Bonchev–Trinajstić information content (AvgIpc) is 2.13. The van der Waals surface area contributed by atoms with Gasteiger partial charge in [-0.15, -0.1) is 0 Å². The molecule has 1 amide bonds. The summed E-state index contributed by atoms with van der Waals surface area (Å²) >= 11 is 0.663. The number of carbonyl (C=O) groups excluding carboxylic acids is 2. The third-order valence-electron chi connectivity index (χ3n) is 0.927. The zero-order valence-corrected chi connectivity index (χ0v) is 5.90. The van der Waals surface area contributed by atoms with Gasteiger partial charge in [0.05, 0.1) is 5.70 Å². The maximum absolute atomic E-state index is 10.7. The number of hydrogen-bond acceptors (Lipinski definition) is 3. The molecule has 1 N–H and O–H groups in total. The number of thioether (sulfide) groups is 1. The van der Waals surface area contributed by atoms with Crippen molar-refractivity contribution in [2.75, 3.05) is 0 Å². The highest BCUT2D eigenvalue weighted by Gasteiger charge is 2.24. The van der Waals surface area contributed by atoms with E-state index in [0.717, 1.165) is 0 Å². The van der Waals surface area contributed by atoms with Gasteiger partial charge >= 0.3 is 0 Å². The first-order valence-corrected chi connectivity index (χ1v) is 3.41. The summed E-state index contributed by atoms with van der Waals surface area (Å²) in [6.45, 7) is 3.39. The molecule has 0 aromatic carbocycles. The topological polar surface area (TPSA) is 46.2 Å². The Bertz CT molecular complexity index is 232. The van der Waals surface area contributed by atoms with Gasteiger partial charge < -0.3 is 5.32 Å². The quantitative estimate of drug-likeness (QED) is 0.575. The standard InChI is InChI=1S/C6H5NO2S/c1-2-3-4-5(8)10-6(9)7-4/h2-3H,1H2,(H,7,9). The van der Waals surface area contributed by atoms with Crippen LogP contribution in [0.4, 0.5) is 4.79 Å². The van der Waals surface area contributed by atoms with Crippen LogP contribution in [0.25, 0.3) is 0 Å². The Morgan fingerprint density at radius 3 is 2.60 bits per heavy atom. The van der Waals surface area contributed by atoms with Gasteiger partial charge in [0.25, 0.3) is 5.24 Å². The average molecular weight is 155 g/mol. The molecule has 0 spiro atoms. The van der Waals surface area contributed by atoms with Crippen LogP contribution < -0.4 is 5.32 Å². The van der Waals surface area contributed by atoms with Crippen molar-refractivity contribution in [3.63, 3.8) is 0 Å². The summed E-state index contributed by atoms with van der Waals surface area (Å²) in [4.78, 5) is 21.2. The van der Waals surface area contributed by atoms with Crippen LogP contribution in [0.2, 0.25) is 0 Å². The first-order valence-electron chi connectivity index (χ1n) is 2.60. The third kappa shape index (κ3) is 1.27. The highest BCUT2D eigenvalue weighted by atomic mass is 32.2. The predicted octanol–water partition coefficient (Wildman–Crippen LogP) is 1.04. The molecular formula is C6H5NO2S. The highest BCUT2D eigenvalue weighted by Crippen LogP contribution is 2.17. The fourth-order valence-corrected chi connectivity index (χ4v) is 1.11. The Labute approximate surface area is 62.2 Å². The minimum absolute atomic E-state index is 0.245. The number of amides is 1. The van der Waals surface area contributed by atoms with Gasteiger partial charge in [-0.3, -0.25) is 9.59 Å². The summed E-state index contributed by atoms with van der Waals surface area (Å²) in [5.74, 6) is 0. The second kappa shape index (κ2) is 2.70. The first-order chi connectivity index (χ1) is 4.74. The van der Waals surface area contributed by atoms with Gasteiger partial charge in [0.2, 0.25) is 5.12 Å². The van der Waals surface area contributed by atoms with Gasteiger partial charge in [0, 0.05) is 11.8 Å². The molecule has 0 radical (unpaired) electrons. The predicted molar refractivity (Wildman–Crippen MR) is 39.4 cm³/mol. The molecule has 52 valence electrons. The molecular weight excluding hydrogens is 150 g/mol. The molecule has 0 bridgehead atoms. The molecule has 10 heavy (non-hydrogen) atoms. The number of nitrogens with one attached hydrogen (secondary N) is 1. The Morgan fingerprint density at radius 1 is 1.50 bits per heavy atom. The molecule has 4 heteroatoms. The summed E-state index contributed by atoms with van der Waals surface area (Å²) in [5, 5.41) is 1.80. The van der Waals surface area contributed by atoms with Crippen molar-refractivity contribution in [1.82, 2.24) is 5.32 Å². The van der Waals surface area contributed by atoms with E-state index < -0.39 is 0 Å². The van der Waals surface area contributed by atoms with Gasteiger partial charge in [0.15, 0.2) is 0 Å². The van der Waals surface area contributed by atoms with E-state index in [-0.39, 0.29) is 10.4 Å². The van der Waals surface area contributed by atoms with E-state index in [9.17, 15) is 9.59 Å². The second-order valence-electron chi connectivity index (χ2n) is 1.62. The molecule has 1 aliphatic heterocycles. The van der Waals surface area contributed by atoms with Crippen LogP contribution in [0.5, 0.6) is 0 Å². The fraction of sp³-hybridized carbons (Fsp3) is 0. The van der Waals surface area contributed by atoms with Gasteiger partial charge in [0.1, 0.15) is 0 Å². The van der Waals surface area contributed by atoms with E-state index in [1.807, 2.05) is 0 Å². The van der Waals surface area contributed by atoms with Crippen LogP contribution in [-0.4, -0.2) is 10.4 Å². The molecule has 0 unspecified atom stereocenters. The van der Waals surface area contributed by atoms with E-state index in [2.05, 4.69) is 11.9 Å². The van der Waals surface area contributed by atoms with Crippen LogP contribution in [0.3, 0.4) is 0 Å². The van der Waals surface area contributed by atoms with Crippen molar-refractivity contribution in [2.24, 2.45) is 0 Å². The maximum atomic E-state index is 10.7. The highest BCUT2D eigenvalue weighted by molar-refractivity contribution is 8.27. The van der Waals surface area contributed by atoms with E-state index in [1.54, 1.807) is 0 Å². The molecule has 0 atom stereocenters. The molecule has 0 aromatic rings. The van der Waals surface area contributed by atoms with Crippen LogP contribution >= 0.6 is 11.8 Å². The summed E-state index contributed by atoms with van der Waals surface area (Å²) in [5.41, 5.74) is 0.310. The Morgan fingerprint density at radius 2 is 2.20 bits per heavy atom. The number of hydrogen-bond donors (Lipinski definition) is 1. The SMILES string of the molecule is C=CC=C1NC(=O)SC1=O. The van der Waals surface area contributed by atoms with Crippen molar-refractivity contribution in [3.8, 4) is 0 Å². The molecule has 1 aliphatic rings. The molecule has 1 saturated heterocycles. The zero-order valence-electron chi connectivity index (χ0n) is 5.09. The normalized spacial score (nSPS) is 21.4. The number of allylic oxidation sites excluding steroid dienone is 2. The summed E-state index contributed by atoms with van der Waals surface area (Å²) in [7, 11) is 0. The van der Waals surface area contributed by atoms with E-state index in [1.165, 1.54) is 12.2 Å². The van der Waals surface area contributed by atoms with Crippen molar-refractivity contribution < 1.29 is 9.59 Å². The minimum atomic E-state index is -0.321. The molecule has 1 heterocycles. The lowest BCUT2D eigenvalue weighted by atomic mass is 10.4. The lowest BCUT2D eigenvalue weighted by Crippen LogP contribution is -2.09. The Balaban J connectivity index is 2.81. The third-order valence-corrected chi connectivity index (χ3v) is 1.62. The number of rotatable bonds is 1. The largest absolute Gasteiger partial charge is 0.313 e. The second-order valence-corrected chi connectivity index (χ2v) is 2.56. The van der Waals surface area contributed by atoms with Crippen LogP contribution in [0.15, 0.2) is 24.4 Å². The van der Waals surface area contributed by atoms with E-state index >= 15 is 0 Å². The first kappa shape index (κ1) is 7.08. The molecule has 0 saturated carbocycles.